The quantitative estimate of drug-likeness (QED) is 0.811. The number of hydrogen-bond donors (Lipinski definition) is 2. The Kier molecular flexibility index (Phi) is 4.99. The van der Waals surface area contributed by atoms with Crippen LogP contribution in [0.15, 0.2) is 53.1 Å². The van der Waals surface area contributed by atoms with E-state index in [0.717, 1.165) is 24.2 Å². The summed E-state index contributed by atoms with van der Waals surface area (Å²) in [7, 11) is 0. The molecule has 2 aromatic rings. The maximum atomic E-state index is 10.4. The van der Waals surface area contributed by atoms with Gasteiger partial charge in [-0.2, -0.15) is 0 Å². The van der Waals surface area contributed by atoms with Gasteiger partial charge in [0.15, 0.2) is 0 Å². The molecular formula is C17H23NO2. The predicted octanol–water partition coefficient (Wildman–Crippen LogP) is 3.51. The second kappa shape index (κ2) is 6.73. The molecule has 0 saturated carbocycles. The van der Waals surface area contributed by atoms with Gasteiger partial charge in [-0.05, 0) is 30.5 Å². The number of nitrogens with one attached hydrogen (secondary N) is 1. The molecule has 2 rings (SSSR count). The number of rotatable bonds is 7. The lowest BCUT2D eigenvalue weighted by atomic mass is 9.96. The van der Waals surface area contributed by atoms with Gasteiger partial charge in [0.1, 0.15) is 5.76 Å². The van der Waals surface area contributed by atoms with Crippen LogP contribution in [0, 0.1) is 0 Å². The maximum Gasteiger partial charge on any atom is 0.125 e. The van der Waals surface area contributed by atoms with Crippen molar-refractivity contribution in [1.82, 2.24) is 5.32 Å². The minimum Gasteiger partial charge on any atom is -0.467 e. The van der Waals surface area contributed by atoms with Crippen LogP contribution >= 0.6 is 0 Å². The van der Waals surface area contributed by atoms with Gasteiger partial charge in [-0.3, -0.25) is 0 Å². The number of benzene rings is 1. The topological polar surface area (TPSA) is 45.4 Å². The normalized spacial score (nSPS) is 13.3. The molecule has 3 nitrogen and oxygen atoms in total. The van der Waals surface area contributed by atoms with Crippen molar-refractivity contribution in [1.29, 1.82) is 0 Å². The molecule has 1 unspecified atom stereocenters. The first-order chi connectivity index (χ1) is 9.68. The van der Waals surface area contributed by atoms with Crippen LogP contribution in [0.2, 0.25) is 0 Å². The Balaban J connectivity index is 2.17. The first kappa shape index (κ1) is 14.8. The van der Waals surface area contributed by atoms with Gasteiger partial charge in [0.2, 0.25) is 0 Å². The highest BCUT2D eigenvalue weighted by atomic mass is 16.3. The molecule has 1 heterocycles. The summed E-state index contributed by atoms with van der Waals surface area (Å²) >= 11 is 0. The second-order valence-corrected chi connectivity index (χ2v) is 5.17. The average Bonchev–Trinajstić information content (AvgIpc) is 3.02. The summed E-state index contributed by atoms with van der Waals surface area (Å²) in [5, 5.41) is 13.9. The van der Waals surface area contributed by atoms with Crippen LogP contribution in [0.5, 0.6) is 0 Å². The zero-order valence-corrected chi connectivity index (χ0v) is 12.2. The van der Waals surface area contributed by atoms with Crippen molar-refractivity contribution in [2.24, 2.45) is 0 Å². The van der Waals surface area contributed by atoms with Crippen LogP contribution in [0.4, 0.5) is 0 Å². The SMILES string of the molecule is CCC(O)(CC)CNC(c1ccccc1)c1ccco1. The van der Waals surface area contributed by atoms with Crippen molar-refractivity contribution in [2.45, 2.75) is 38.3 Å². The molecule has 20 heavy (non-hydrogen) atoms. The summed E-state index contributed by atoms with van der Waals surface area (Å²) in [5.41, 5.74) is 0.469. The summed E-state index contributed by atoms with van der Waals surface area (Å²) < 4.78 is 5.54. The number of hydrogen-bond acceptors (Lipinski definition) is 3. The zero-order valence-electron chi connectivity index (χ0n) is 12.2. The molecular weight excluding hydrogens is 250 g/mol. The summed E-state index contributed by atoms with van der Waals surface area (Å²) in [6.07, 6.45) is 3.14. The van der Waals surface area contributed by atoms with E-state index < -0.39 is 5.60 Å². The smallest absolute Gasteiger partial charge is 0.125 e. The third-order valence-corrected chi connectivity index (χ3v) is 3.91. The van der Waals surface area contributed by atoms with Gasteiger partial charge in [0.05, 0.1) is 17.9 Å². The molecule has 2 N–H and O–H groups in total. The van der Waals surface area contributed by atoms with Gasteiger partial charge >= 0.3 is 0 Å². The minimum atomic E-state index is -0.667. The van der Waals surface area contributed by atoms with Gasteiger partial charge < -0.3 is 14.8 Å². The van der Waals surface area contributed by atoms with E-state index >= 15 is 0 Å². The van der Waals surface area contributed by atoms with E-state index in [1.165, 1.54) is 0 Å². The molecule has 0 aliphatic carbocycles. The molecule has 1 aromatic heterocycles. The van der Waals surface area contributed by atoms with Crippen LogP contribution < -0.4 is 5.32 Å². The van der Waals surface area contributed by atoms with E-state index in [2.05, 4.69) is 17.4 Å². The molecule has 0 aliphatic rings. The van der Waals surface area contributed by atoms with Gasteiger partial charge in [0.25, 0.3) is 0 Å². The van der Waals surface area contributed by atoms with Crippen LogP contribution in [-0.2, 0) is 0 Å². The first-order valence-electron chi connectivity index (χ1n) is 7.22. The molecule has 0 fully saturated rings. The average molecular weight is 273 g/mol. The van der Waals surface area contributed by atoms with Crippen LogP contribution in [-0.4, -0.2) is 17.3 Å². The van der Waals surface area contributed by atoms with E-state index in [1.54, 1.807) is 6.26 Å². The van der Waals surface area contributed by atoms with Crippen molar-refractivity contribution >= 4 is 0 Å². The van der Waals surface area contributed by atoms with Crippen LogP contribution in [0.3, 0.4) is 0 Å². The molecule has 1 aromatic carbocycles. The Hall–Kier alpha value is -1.58. The fourth-order valence-electron chi connectivity index (χ4n) is 2.28. The molecule has 0 aliphatic heterocycles. The van der Waals surface area contributed by atoms with Gasteiger partial charge in [-0.15, -0.1) is 0 Å². The Morgan fingerprint density at radius 2 is 1.80 bits per heavy atom. The molecule has 0 saturated heterocycles. The molecule has 0 spiro atoms. The highest BCUT2D eigenvalue weighted by molar-refractivity contribution is 5.26. The Labute approximate surface area is 120 Å². The van der Waals surface area contributed by atoms with E-state index in [-0.39, 0.29) is 6.04 Å². The standard InChI is InChI=1S/C17H23NO2/c1-3-17(19,4-2)13-18-16(15-11-8-12-20-15)14-9-6-5-7-10-14/h5-12,16,18-19H,3-4,13H2,1-2H3. The highest BCUT2D eigenvalue weighted by Crippen LogP contribution is 2.24. The maximum absolute atomic E-state index is 10.4. The molecule has 0 bridgehead atoms. The summed E-state index contributed by atoms with van der Waals surface area (Å²) in [6.45, 7) is 4.56. The van der Waals surface area contributed by atoms with Gasteiger partial charge in [-0.25, -0.2) is 0 Å². The Morgan fingerprint density at radius 1 is 1.10 bits per heavy atom. The molecule has 3 heteroatoms. The lowest BCUT2D eigenvalue weighted by Crippen LogP contribution is -2.41. The Bertz CT molecular complexity index is 489. The second-order valence-electron chi connectivity index (χ2n) is 5.17. The van der Waals surface area contributed by atoms with Crippen LogP contribution in [0.25, 0.3) is 0 Å². The third-order valence-electron chi connectivity index (χ3n) is 3.91. The number of aliphatic hydroxyl groups is 1. The number of furan rings is 1. The molecule has 0 radical (unpaired) electrons. The van der Waals surface area contributed by atoms with Crippen molar-refractivity contribution in [2.75, 3.05) is 6.54 Å². The fraction of sp³-hybridized carbons (Fsp3) is 0.412. The van der Waals surface area contributed by atoms with Gasteiger partial charge in [0, 0.05) is 6.54 Å². The fourth-order valence-corrected chi connectivity index (χ4v) is 2.28. The zero-order chi connectivity index (χ0) is 14.4. The monoisotopic (exact) mass is 273 g/mol. The van der Waals surface area contributed by atoms with Crippen molar-refractivity contribution in [3.8, 4) is 0 Å². The predicted molar refractivity (Wildman–Crippen MR) is 80.5 cm³/mol. The Morgan fingerprint density at radius 3 is 2.35 bits per heavy atom. The van der Waals surface area contributed by atoms with E-state index in [9.17, 15) is 5.11 Å². The largest absolute Gasteiger partial charge is 0.467 e. The summed E-state index contributed by atoms with van der Waals surface area (Å²) in [4.78, 5) is 0. The third kappa shape index (κ3) is 3.50. The highest BCUT2D eigenvalue weighted by Gasteiger charge is 2.25. The van der Waals surface area contributed by atoms with E-state index in [1.807, 2.05) is 44.2 Å². The van der Waals surface area contributed by atoms with Crippen molar-refractivity contribution in [3.63, 3.8) is 0 Å². The lowest BCUT2D eigenvalue weighted by Gasteiger charge is -2.28. The van der Waals surface area contributed by atoms with Gasteiger partial charge in [-0.1, -0.05) is 44.2 Å². The lowest BCUT2D eigenvalue weighted by molar-refractivity contribution is 0.0304. The van der Waals surface area contributed by atoms with Crippen molar-refractivity contribution in [3.05, 3.63) is 60.1 Å². The van der Waals surface area contributed by atoms with Crippen LogP contribution in [0.1, 0.15) is 44.1 Å². The van der Waals surface area contributed by atoms with E-state index in [4.69, 9.17) is 4.42 Å². The molecule has 108 valence electrons. The summed E-state index contributed by atoms with van der Waals surface area (Å²) in [5.74, 6) is 0.866. The van der Waals surface area contributed by atoms with Crippen molar-refractivity contribution < 1.29 is 9.52 Å². The summed E-state index contributed by atoms with van der Waals surface area (Å²) in [6, 6.07) is 14.0. The molecule has 0 amide bonds. The van der Waals surface area contributed by atoms with E-state index in [0.29, 0.717) is 6.54 Å². The molecule has 1 atom stereocenters. The first-order valence-corrected chi connectivity index (χ1v) is 7.22. The minimum absolute atomic E-state index is 0.0316.